The monoisotopic (exact) mass is 320 g/mol. The zero-order valence-corrected chi connectivity index (χ0v) is 12.7. The minimum atomic E-state index is -4.05. The van der Waals surface area contributed by atoms with Crippen molar-refractivity contribution in [2.45, 2.75) is 44.3 Å². The van der Waals surface area contributed by atoms with E-state index in [0.717, 1.165) is 12.0 Å². The first-order chi connectivity index (χ1) is 9.91. The highest BCUT2D eigenvalue weighted by Gasteiger charge is 2.42. The molecule has 1 fully saturated rings. The van der Waals surface area contributed by atoms with Crippen LogP contribution in [0.5, 0.6) is 0 Å². The molecule has 0 amide bonds. The average molecular weight is 321 g/mol. The summed E-state index contributed by atoms with van der Waals surface area (Å²) < 4.78 is 38.1. The molecule has 1 aliphatic carbocycles. The number of rotatable bonds is 4. The maximum Gasteiger partial charge on any atom is 0.391 e. The SMILES string of the molecule is CNC(Cc1ccncc1Cl)C1CCC(C(F)(F)F)CC1. The van der Waals surface area contributed by atoms with Crippen molar-refractivity contribution < 1.29 is 13.2 Å². The van der Waals surface area contributed by atoms with Gasteiger partial charge in [0.2, 0.25) is 0 Å². The molecular weight excluding hydrogens is 301 g/mol. The molecule has 2 rings (SSSR count). The van der Waals surface area contributed by atoms with Crippen molar-refractivity contribution in [3.8, 4) is 0 Å². The highest BCUT2D eigenvalue weighted by Crippen LogP contribution is 2.40. The summed E-state index contributed by atoms with van der Waals surface area (Å²) >= 11 is 6.11. The van der Waals surface area contributed by atoms with E-state index in [4.69, 9.17) is 11.6 Å². The smallest absolute Gasteiger partial charge is 0.316 e. The number of pyridine rings is 1. The van der Waals surface area contributed by atoms with E-state index in [-0.39, 0.29) is 24.8 Å². The molecule has 1 atom stereocenters. The Balaban J connectivity index is 1.96. The maximum atomic E-state index is 12.7. The van der Waals surface area contributed by atoms with E-state index in [2.05, 4.69) is 10.3 Å². The van der Waals surface area contributed by atoms with Crippen LogP contribution >= 0.6 is 11.6 Å². The van der Waals surface area contributed by atoms with Crippen LogP contribution in [0.4, 0.5) is 13.2 Å². The lowest BCUT2D eigenvalue weighted by Gasteiger charge is -2.34. The third kappa shape index (κ3) is 4.33. The van der Waals surface area contributed by atoms with E-state index in [1.165, 1.54) is 0 Å². The Hall–Kier alpha value is -0.810. The molecule has 1 aromatic heterocycles. The number of hydrogen-bond donors (Lipinski definition) is 1. The van der Waals surface area contributed by atoms with Crippen molar-refractivity contribution in [3.63, 3.8) is 0 Å². The Labute approximate surface area is 128 Å². The Bertz CT molecular complexity index is 456. The summed E-state index contributed by atoms with van der Waals surface area (Å²) in [6, 6.07) is 2.02. The Morgan fingerprint density at radius 1 is 1.33 bits per heavy atom. The van der Waals surface area contributed by atoms with Gasteiger partial charge in [-0.25, -0.2) is 0 Å². The van der Waals surface area contributed by atoms with Gasteiger partial charge in [-0.3, -0.25) is 4.98 Å². The lowest BCUT2D eigenvalue weighted by molar-refractivity contribution is -0.184. The third-order valence-corrected chi connectivity index (χ3v) is 4.81. The lowest BCUT2D eigenvalue weighted by atomic mass is 9.77. The number of nitrogens with one attached hydrogen (secondary N) is 1. The molecule has 1 heterocycles. The predicted molar refractivity (Wildman–Crippen MR) is 77.3 cm³/mol. The van der Waals surface area contributed by atoms with Crippen LogP contribution in [0.15, 0.2) is 18.5 Å². The molecular formula is C15H20ClF3N2. The van der Waals surface area contributed by atoms with Gasteiger partial charge in [0.25, 0.3) is 0 Å². The van der Waals surface area contributed by atoms with Crippen LogP contribution in [0.2, 0.25) is 5.02 Å². The van der Waals surface area contributed by atoms with Gasteiger partial charge in [-0.1, -0.05) is 11.6 Å². The summed E-state index contributed by atoms with van der Waals surface area (Å²) in [5.74, 6) is -0.867. The number of hydrogen-bond acceptors (Lipinski definition) is 2. The number of aromatic nitrogens is 1. The third-order valence-electron chi connectivity index (χ3n) is 4.47. The standard InChI is InChI=1S/C15H20ClF3N2/c1-20-14(8-11-6-7-21-9-13(11)16)10-2-4-12(5-3-10)15(17,18)19/h6-7,9-10,12,14,20H,2-5,8H2,1H3. The molecule has 0 radical (unpaired) electrons. The van der Waals surface area contributed by atoms with Crippen molar-refractivity contribution in [2.75, 3.05) is 7.05 Å². The van der Waals surface area contributed by atoms with Crippen LogP contribution in [0.3, 0.4) is 0 Å². The fraction of sp³-hybridized carbons (Fsp3) is 0.667. The van der Waals surface area contributed by atoms with Crippen molar-refractivity contribution >= 4 is 11.6 Å². The van der Waals surface area contributed by atoms with Crippen molar-refractivity contribution in [2.24, 2.45) is 11.8 Å². The molecule has 1 saturated carbocycles. The lowest BCUT2D eigenvalue weighted by Crippen LogP contribution is -2.39. The van der Waals surface area contributed by atoms with E-state index in [9.17, 15) is 13.2 Å². The average Bonchev–Trinajstić information content (AvgIpc) is 2.46. The number of halogens is 4. The fourth-order valence-corrected chi connectivity index (χ4v) is 3.36. The molecule has 2 nitrogen and oxygen atoms in total. The molecule has 21 heavy (non-hydrogen) atoms. The van der Waals surface area contributed by atoms with Crippen LogP contribution in [0, 0.1) is 11.8 Å². The van der Waals surface area contributed by atoms with E-state index in [1.807, 2.05) is 13.1 Å². The maximum absolute atomic E-state index is 12.7. The van der Waals surface area contributed by atoms with Gasteiger partial charge in [0, 0.05) is 18.4 Å². The normalized spacial score (nSPS) is 24.8. The molecule has 0 spiro atoms. The Morgan fingerprint density at radius 3 is 2.52 bits per heavy atom. The summed E-state index contributed by atoms with van der Waals surface area (Å²) in [7, 11) is 1.86. The second-order valence-corrected chi connectivity index (χ2v) is 6.13. The van der Waals surface area contributed by atoms with Gasteiger partial charge in [0.1, 0.15) is 0 Å². The highest BCUT2D eigenvalue weighted by atomic mass is 35.5. The van der Waals surface area contributed by atoms with Gasteiger partial charge in [-0.2, -0.15) is 13.2 Å². The van der Waals surface area contributed by atoms with Gasteiger partial charge >= 0.3 is 6.18 Å². The number of alkyl halides is 3. The largest absolute Gasteiger partial charge is 0.391 e. The number of nitrogens with zero attached hydrogens (tertiary/aromatic N) is 1. The highest BCUT2D eigenvalue weighted by molar-refractivity contribution is 6.31. The Kier molecular flexibility index (Phi) is 5.49. The first-order valence-electron chi connectivity index (χ1n) is 7.24. The molecule has 6 heteroatoms. The topological polar surface area (TPSA) is 24.9 Å². The summed E-state index contributed by atoms with van der Waals surface area (Å²) in [6.07, 6.45) is 1.65. The molecule has 1 N–H and O–H groups in total. The minimum Gasteiger partial charge on any atom is -0.316 e. The van der Waals surface area contributed by atoms with Crippen LogP contribution in [0.1, 0.15) is 31.2 Å². The van der Waals surface area contributed by atoms with Crippen molar-refractivity contribution in [3.05, 3.63) is 29.0 Å². The summed E-state index contributed by atoms with van der Waals surface area (Å²) in [5.41, 5.74) is 0.990. The van der Waals surface area contributed by atoms with Crippen LogP contribution in [-0.2, 0) is 6.42 Å². The molecule has 0 aromatic carbocycles. The predicted octanol–water partition coefficient (Wildman–Crippen LogP) is 4.23. The fourth-order valence-electron chi connectivity index (χ4n) is 3.16. The van der Waals surface area contributed by atoms with E-state index < -0.39 is 12.1 Å². The van der Waals surface area contributed by atoms with Gasteiger partial charge < -0.3 is 5.32 Å². The zero-order chi connectivity index (χ0) is 15.5. The van der Waals surface area contributed by atoms with Crippen LogP contribution in [-0.4, -0.2) is 24.2 Å². The number of likely N-dealkylation sites (N-methyl/N-ethyl adjacent to an activating group) is 1. The second kappa shape index (κ2) is 6.97. The van der Waals surface area contributed by atoms with E-state index in [1.54, 1.807) is 12.4 Å². The molecule has 0 aliphatic heterocycles. The van der Waals surface area contributed by atoms with Crippen LogP contribution in [0.25, 0.3) is 0 Å². The van der Waals surface area contributed by atoms with Crippen molar-refractivity contribution in [1.29, 1.82) is 0 Å². The molecule has 1 aliphatic rings. The molecule has 1 aromatic rings. The zero-order valence-electron chi connectivity index (χ0n) is 12.0. The minimum absolute atomic E-state index is 0.152. The molecule has 0 bridgehead atoms. The molecule has 1 unspecified atom stereocenters. The Morgan fingerprint density at radius 2 is 2.00 bits per heavy atom. The van der Waals surface area contributed by atoms with Crippen molar-refractivity contribution in [1.82, 2.24) is 10.3 Å². The van der Waals surface area contributed by atoms with Gasteiger partial charge in [-0.15, -0.1) is 0 Å². The van der Waals surface area contributed by atoms with E-state index >= 15 is 0 Å². The molecule has 118 valence electrons. The summed E-state index contributed by atoms with van der Waals surface area (Å²) in [4.78, 5) is 3.95. The van der Waals surface area contributed by atoms with Gasteiger partial charge in [-0.05, 0) is 56.7 Å². The first-order valence-corrected chi connectivity index (χ1v) is 7.62. The van der Waals surface area contributed by atoms with E-state index in [0.29, 0.717) is 17.9 Å². The quantitative estimate of drug-likeness (QED) is 0.898. The second-order valence-electron chi connectivity index (χ2n) is 5.72. The first kappa shape index (κ1) is 16.6. The molecule has 0 saturated heterocycles. The van der Waals surface area contributed by atoms with Gasteiger partial charge in [0.05, 0.1) is 10.9 Å². The van der Waals surface area contributed by atoms with Crippen LogP contribution < -0.4 is 5.32 Å². The summed E-state index contributed by atoms with van der Waals surface area (Å²) in [5, 5.41) is 3.85. The summed E-state index contributed by atoms with van der Waals surface area (Å²) in [6.45, 7) is 0. The van der Waals surface area contributed by atoms with Gasteiger partial charge in [0.15, 0.2) is 0 Å².